The maximum absolute atomic E-state index is 11.9. The van der Waals surface area contributed by atoms with Gasteiger partial charge in [0.2, 0.25) is 0 Å². The van der Waals surface area contributed by atoms with Crippen molar-refractivity contribution >= 4 is 11.6 Å². The number of nitrogens with zero attached hydrogens (tertiary/aromatic N) is 3. The number of hydrogen-bond donors (Lipinski definition) is 0. The molecule has 8 heteroatoms. The van der Waals surface area contributed by atoms with Crippen LogP contribution in [0, 0.1) is 0 Å². The Bertz CT molecular complexity index is 1010. The fraction of sp³-hybridized carbons (Fsp3) is 0.0625. The van der Waals surface area contributed by atoms with E-state index in [4.69, 9.17) is 25.0 Å². The van der Waals surface area contributed by atoms with E-state index in [1.807, 2.05) is 12.1 Å². The number of halogens is 1. The van der Waals surface area contributed by atoms with Crippen molar-refractivity contribution in [2.75, 3.05) is 0 Å². The summed E-state index contributed by atoms with van der Waals surface area (Å²) in [5, 5.41) is 8.71. The zero-order valence-electron chi connectivity index (χ0n) is 12.2. The van der Waals surface area contributed by atoms with Crippen LogP contribution in [-0.4, -0.2) is 14.9 Å². The molecule has 0 unspecified atom stereocenters. The van der Waals surface area contributed by atoms with Crippen LogP contribution in [0.25, 0.3) is 22.9 Å². The lowest BCUT2D eigenvalue weighted by molar-refractivity contribution is 0.367. The fourth-order valence-corrected chi connectivity index (χ4v) is 2.32. The zero-order chi connectivity index (χ0) is 16.5. The van der Waals surface area contributed by atoms with E-state index in [0.29, 0.717) is 22.2 Å². The predicted octanol–water partition coefficient (Wildman–Crippen LogP) is 3.45. The van der Waals surface area contributed by atoms with Crippen molar-refractivity contribution in [3.05, 3.63) is 70.1 Å². The summed E-state index contributed by atoms with van der Waals surface area (Å²) in [7, 11) is 0. The van der Waals surface area contributed by atoms with E-state index in [-0.39, 0.29) is 12.4 Å². The molecule has 0 saturated heterocycles. The van der Waals surface area contributed by atoms with Crippen LogP contribution in [0.15, 0.2) is 66.9 Å². The maximum Gasteiger partial charge on any atom is 0.437 e. The molecule has 3 aromatic heterocycles. The Hall–Kier alpha value is -3.06. The molecule has 0 N–H and O–H groups in total. The van der Waals surface area contributed by atoms with Crippen LogP contribution >= 0.6 is 11.6 Å². The minimum Gasteiger partial charge on any atom is -0.459 e. The van der Waals surface area contributed by atoms with Gasteiger partial charge in [0.25, 0.3) is 5.89 Å². The van der Waals surface area contributed by atoms with Crippen molar-refractivity contribution in [1.82, 2.24) is 14.9 Å². The highest BCUT2D eigenvalue weighted by Gasteiger charge is 2.15. The summed E-state index contributed by atoms with van der Waals surface area (Å²) in [6, 6.07) is 12.3. The highest BCUT2D eigenvalue weighted by molar-refractivity contribution is 6.30. The van der Waals surface area contributed by atoms with Crippen LogP contribution < -0.4 is 5.76 Å². The predicted molar refractivity (Wildman–Crippen MR) is 84.5 cm³/mol. The summed E-state index contributed by atoms with van der Waals surface area (Å²) >= 11 is 5.87. The second kappa shape index (κ2) is 5.86. The van der Waals surface area contributed by atoms with Crippen molar-refractivity contribution < 1.29 is 13.4 Å². The molecule has 4 aromatic rings. The molecular formula is C16H10ClN3O4. The first-order chi connectivity index (χ1) is 11.7. The molecule has 0 aliphatic carbocycles. The first-order valence-electron chi connectivity index (χ1n) is 7.02. The van der Waals surface area contributed by atoms with Crippen molar-refractivity contribution in [2.45, 2.75) is 6.54 Å². The Balaban J connectivity index is 1.58. The van der Waals surface area contributed by atoms with Crippen LogP contribution in [0.1, 0.15) is 5.76 Å². The van der Waals surface area contributed by atoms with Gasteiger partial charge in [-0.1, -0.05) is 28.9 Å². The molecule has 120 valence electrons. The summed E-state index contributed by atoms with van der Waals surface area (Å²) in [6.45, 7) is 0.101. The average molecular weight is 344 g/mol. The molecule has 0 aliphatic heterocycles. The number of benzene rings is 1. The summed E-state index contributed by atoms with van der Waals surface area (Å²) < 4.78 is 16.6. The molecule has 0 amide bonds. The third-order valence-electron chi connectivity index (χ3n) is 3.34. The first kappa shape index (κ1) is 14.5. The summed E-state index contributed by atoms with van der Waals surface area (Å²) in [5.74, 6) is 0.361. The second-order valence-corrected chi connectivity index (χ2v) is 5.43. The Labute approximate surface area is 140 Å². The topological polar surface area (TPSA) is 87.2 Å². The molecule has 4 rings (SSSR count). The smallest absolute Gasteiger partial charge is 0.437 e. The molecule has 3 heterocycles. The van der Waals surface area contributed by atoms with Gasteiger partial charge >= 0.3 is 5.76 Å². The Kier molecular flexibility index (Phi) is 3.55. The minimum atomic E-state index is -0.606. The van der Waals surface area contributed by atoms with Crippen LogP contribution in [0.4, 0.5) is 0 Å². The van der Waals surface area contributed by atoms with E-state index in [0.717, 1.165) is 10.2 Å². The highest BCUT2D eigenvalue weighted by atomic mass is 35.5. The van der Waals surface area contributed by atoms with Gasteiger partial charge in [0.15, 0.2) is 11.5 Å². The van der Waals surface area contributed by atoms with E-state index in [1.54, 1.807) is 30.3 Å². The molecule has 0 fully saturated rings. The lowest BCUT2D eigenvalue weighted by atomic mass is 10.1. The minimum absolute atomic E-state index is 0.101. The summed E-state index contributed by atoms with van der Waals surface area (Å²) in [6.07, 6.45) is 1.48. The lowest BCUT2D eigenvalue weighted by Gasteiger charge is -1.94. The number of aromatic nitrogens is 3. The monoisotopic (exact) mass is 343 g/mol. The Morgan fingerprint density at radius 3 is 2.75 bits per heavy atom. The molecule has 1 aromatic carbocycles. The quantitative estimate of drug-likeness (QED) is 0.564. The molecule has 0 saturated carbocycles. The van der Waals surface area contributed by atoms with Gasteiger partial charge in [-0.05, 0) is 24.3 Å². The molecule has 0 bridgehead atoms. The third kappa shape index (κ3) is 2.77. The normalized spacial score (nSPS) is 11.0. The first-order valence-corrected chi connectivity index (χ1v) is 7.40. The standard InChI is InChI=1S/C16H10ClN3O4/c17-11-5-3-10(4-6-11)13-8-12(24-19-13)9-20-16(21)23-15(18-20)14-2-1-7-22-14/h1-8H,9H2. The largest absolute Gasteiger partial charge is 0.459 e. The molecule has 0 atom stereocenters. The van der Waals surface area contributed by atoms with E-state index < -0.39 is 5.76 Å². The van der Waals surface area contributed by atoms with Gasteiger partial charge in [0.05, 0.1) is 6.26 Å². The van der Waals surface area contributed by atoms with Gasteiger partial charge < -0.3 is 13.4 Å². The molecule has 24 heavy (non-hydrogen) atoms. The van der Waals surface area contributed by atoms with Crippen molar-refractivity contribution in [3.8, 4) is 22.9 Å². The van der Waals surface area contributed by atoms with Gasteiger partial charge in [-0.15, -0.1) is 5.10 Å². The van der Waals surface area contributed by atoms with Gasteiger partial charge in [-0.3, -0.25) is 0 Å². The molecule has 0 spiro atoms. The van der Waals surface area contributed by atoms with Crippen LogP contribution in [0.3, 0.4) is 0 Å². The zero-order valence-corrected chi connectivity index (χ0v) is 12.9. The SMILES string of the molecule is O=c1oc(-c2ccco2)nn1Cc1cc(-c2ccc(Cl)cc2)no1. The summed E-state index contributed by atoms with van der Waals surface area (Å²) in [4.78, 5) is 11.9. The molecule has 0 aliphatic rings. The van der Waals surface area contributed by atoms with Gasteiger partial charge in [0.1, 0.15) is 12.2 Å². The number of hydrogen-bond acceptors (Lipinski definition) is 6. The van der Waals surface area contributed by atoms with Crippen LogP contribution in [-0.2, 0) is 6.54 Å². The molecular weight excluding hydrogens is 334 g/mol. The van der Waals surface area contributed by atoms with Crippen molar-refractivity contribution in [3.63, 3.8) is 0 Å². The number of rotatable bonds is 4. The molecule has 0 radical (unpaired) electrons. The van der Waals surface area contributed by atoms with E-state index >= 15 is 0 Å². The second-order valence-electron chi connectivity index (χ2n) is 4.99. The lowest BCUT2D eigenvalue weighted by Crippen LogP contribution is -2.16. The third-order valence-corrected chi connectivity index (χ3v) is 3.59. The van der Waals surface area contributed by atoms with Crippen LogP contribution in [0.2, 0.25) is 5.02 Å². The highest BCUT2D eigenvalue weighted by Crippen LogP contribution is 2.22. The van der Waals surface area contributed by atoms with E-state index in [2.05, 4.69) is 10.3 Å². The summed E-state index contributed by atoms with van der Waals surface area (Å²) in [5.41, 5.74) is 1.50. The van der Waals surface area contributed by atoms with Gasteiger partial charge in [0, 0.05) is 16.7 Å². The van der Waals surface area contributed by atoms with E-state index in [9.17, 15) is 4.79 Å². The molecule has 7 nitrogen and oxygen atoms in total. The van der Waals surface area contributed by atoms with E-state index in [1.165, 1.54) is 6.26 Å². The Morgan fingerprint density at radius 2 is 2.00 bits per heavy atom. The maximum atomic E-state index is 11.9. The number of furan rings is 1. The average Bonchev–Trinajstić information content (AvgIpc) is 3.31. The van der Waals surface area contributed by atoms with Gasteiger partial charge in [-0.2, -0.15) is 4.68 Å². The van der Waals surface area contributed by atoms with Gasteiger partial charge in [-0.25, -0.2) is 4.79 Å². The van der Waals surface area contributed by atoms with Crippen molar-refractivity contribution in [1.29, 1.82) is 0 Å². The Morgan fingerprint density at radius 1 is 1.17 bits per heavy atom. The van der Waals surface area contributed by atoms with Crippen molar-refractivity contribution in [2.24, 2.45) is 0 Å². The fourth-order valence-electron chi connectivity index (χ4n) is 2.20. The van der Waals surface area contributed by atoms with Crippen LogP contribution in [0.5, 0.6) is 0 Å².